The van der Waals surface area contributed by atoms with Crippen LogP contribution in [0.4, 0.5) is 0 Å². The Morgan fingerprint density at radius 1 is 1.03 bits per heavy atom. The summed E-state index contributed by atoms with van der Waals surface area (Å²) in [6, 6.07) is 0. The van der Waals surface area contributed by atoms with E-state index < -0.39 is 0 Å². The third-order valence-electron chi connectivity index (χ3n) is 11.5. The fraction of sp³-hybridized carbons (Fsp3) is 0.964. The summed E-state index contributed by atoms with van der Waals surface area (Å²) in [5.41, 5.74) is 1.90. The molecule has 4 aliphatic carbocycles. The normalized spacial score (nSPS) is 48.2. The minimum Gasteiger partial charge on any atom is -0.232 e. The van der Waals surface area contributed by atoms with Crippen molar-refractivity contribution in [2.75, 3.05) is 5.75 Å². The van der Waals surface area contributed by atoms with Crippen molar-refractivity contribution in [2.45, 2.75) is 112 Å². The first kappa shape index (κ1) is 23.2. The van der Waals surface area contributed by atoms with Crippen LogP contribution in [0.25, 0.3) is 0 Å². The molecule has 4 fully saturated rings. The van der Waals surface area contributed by atoms with Crippen LogP contribution in [0.2, 0.25) is 0 Å². The van der Waals surface area contributed by atoms with Crippen LogP contribution >= 0.6 is 11.9 Å². The molecular formula is C28H49NS. The second-order valence-corrected chi connectivity index (χ2v) is 13.7. The van der Waals surface area contributed by atoms with Crippen molar-refractivity contribution >= 4 is 18.7 Å². The van der Waals surface area contributed by atoms with Crippen LogP contribution < -0.4 is 0 Å². The van der Waals surface area contributed by atoms with Crippen LogP contribution in [0.15, 0.2) is 4.40 Å². The van der Waals surface area contributed by atoms with E-state index in [1.807, 2.05) is 0 Å². The predicted octanol–water partition coefficient (Wildman–Crippen LogP) is 8.83. The van der Waals surface area contributed by atoms with Gasteiger partial charge in [0.1, 0.15) is 0 Å². The van der Waals surface area contributed by atoms with Gasteiger partial charge in [-0.05, 0) is 122 Å². The molecule has 2 heteroatoms. The molecular weight excluding hydrogens is 382 g/mol. The van der Waals surface area contributed by atoms with E-state index in [0.29, 0.717) is 16.2 Å². The van der Waals surface area contributed by atoms with E-state index in [4.69, 9.17) is 0 Å². The quantitative estimate of drug-likeness (QED) is 0.202. The first-order valence-electron chi connectivity index (χ1n) is 13.4. The van der Waals surface area contributed by atoms with Crippen LogP contribution in [-0.4, -0.2) is 12.5 Å². The Bertz CT molecular complexity index is 618. The number of hydrogen-bond donors (Lipinski definition) is 0. The Morgan fingerprint density at radius 2 is 1.83 bits per heavy atom. The maximum atomic E-state index is 3.94. The van der Waals surface area contributed by atoms with Crippen molar-refractivity contribution in [1.29, 1.82) is 0 Å². The highest BCUT2D eigenvalue weighted by molar-refractivity contribution is 7.98. The molecule has 1 nitrogen and oxygen atoms in total. The molecule has 0 saturated heterocycles. The summed E-state index contributed by atoms with van der Waals surface area (Å²) in [5, 5.41) is 0. The van der Waals surface area contributed by atoms with Crippen molar-refractivity contribution in [1.82, 2.24) is 0 Å². The molecule has 9 unspecified atom stereocenters. The molecule has 30 heavy (non-hydrogen) atoms. The molecule has 0 aromatic heterocycles. The van der Waals surface area contributed by atoms with E-state index in [9.17, 15) is 0 Å². The molecule has 0 spiro atoms. The highest BCUT2D eigenvalue weighted by Gasteiger charge is 2.67. The fourth-order valence-electron chi connectivity index (χ4n) is 10.1. The molecule has 4 aliphatic rings. The first-order chi connectivity index (χ1) is 14.3. The zero-order valence-electron chi connectivity index (χ0n) is 20.7. The lowest BCUT2D eigenvalue weighted by molar-refractivity contribution is -0.0213. The van der Waals surface area contributed by atoms with Crippen molar-refractivity contribution < 1.29 is 0 Å². The summed E-state index contributed by atoms with van der Waals surface area (Å²) in [6.45, 7) is 16.8. The molecule has 0 amide bonds. The highest BCUT2D eigenvalue weighted by Crippen LogP contribution is 2.76. The Labute approximate surface area is 192 Å². The Morgan fingerprint density at radius 3 is 2.57 bits per heavy atom. The van der Waals surface area contributed by atoms with Gasteiger partial charge >= 0.3 is 0 Å². The van der Waals surface area contributed by atoms with Gasteiger partial charge in [0.15, 0.2) is 0 Å². The minimum absolute atomic E-state index is 0.631. The van der Waals surface area contributed by atoms with E-state index in [1.165, 1.54) is 64.2 Å². The zero-order valence-corrected chi connectivity index (χ0v) is 21.5. The molecule has 0 bridgehead atoms. The second-order valence-electron chi connectivity index (χ2n) is 12.8. The Hall–Kier alpha value is 0.0200. The average molecular weight is 432 g/mol. The van der Waals surface area contributed by atoms with Crippen LogP contribution in [0, 0.1) is 51.8 Å². The average Bonchev–Trinajstić information content (AvgIpc) is 3.23. The van der Waals surface area contributed by atoms with E-state index in [2.05, 4.69) is 45.7 Å². The largest absolute Gasteiger partial charge is 0.232 e. The summed E-state index contributed by atoms with van der Waals surface area (Å²) in [5.74, 6) is 7.13. The monoisotopic (exact) mass is 431 g/mol. The molecule has 0 radical (unpaired) electrons. The van der Waals surface area contributed by atoms with E-state index in [-0.39, 0.29) is 0 Å². The summed E-state index contributed by atoms with van der Waals surface area (Å²) < 4.78 is 3.94. The molecule has 4 saturated carbocycles. The summed E-state index contributed by atoms with van der Waals surface area (Å²) in [7, 11) is 0. The molecule has 0 aromatic carbocycles. The molecule has 0 aliphatic heterocycles. The number of fused-ring (bicyclic) bond motifs is 5. The SMILES string of the molecule is C=NSCCCCC(C)C1CCC2C3CC4(C)CC(CCC)CC4(C)C3CCC12C. The lowest BCUT2D eigenvalue weighted by Gasteiger charge is -2.51. The Balaban J connectivity index is 1.43. The summed E-state index contributed by atoms with van der Waals surface area (Å²) in [4.78, 5) is 0. The van der Waals surface area contributed by atoms with E-state index in [1.54, 1.807) is 24.8 Å². The van der Waals surface area contributed by atoms with E-state index in [0.717, 1.165) is 41.3 Å². The van der Waals surface area contributed by atoms with Gasteiger partial charge in [-0.3, -0.25) is 0 Å². The lowest BCUT2D eigenvalue weighted by Crippen LogP contribution is -2.44. The van der Waals surface area contributed by atoms with Gasteiger partial charge < -0.3 is 0 Å². The van der Waals surface area contributed by atoms with Crippen molar-refractivity contribution in [2.24, 2.45) is 56.2 Å². The third kappa shape index (κ3) is 3.63. The Kier molecular flexibility index (Phi) is 6.77. The standard InChI is InChI=1S/C28H49NS/c1-7-10-21-17-26(3)19-22-24-13-12-23(20(2)11-8-9-16-30-29-6)27(24,4)15-14-25(22)28(26,5)18-21/h20-25H,6-19H2,1-5H3. The van der Waals surface area contributed by atoms with Gasteiger partial charge in [-0.1, -0.05) is 60.3 Å². The van der Waals surface area contributed by atoms with Gasteiger partial charge in [0.25, 0.3) is 0 Å². The molecule has 0 N–H and O–H groups in total. The van der Waals surface area contributed by atoms with Crippen LogP contribution in [0.3, 0.4) is 0 Å². The predicted molar refractivity (Wildman–Crippen MR) is 134 cm³/mol. The number of hydrogen-bond acceptors (Lipinski definition) is 2. The fourth-order valence-corrected chi connectivity index (χ4v) is 10.5. The smallest absolute Gasteiger partial charge is 0.0153 e. The maximum absolute atomic E-state index is 3.94. The molecule has 4 rings (SSSR count). The van der Waals surface area contributed by atoms with Crippen LogP contribution in [0.1, 0.15) is 112 Å². The summed E-state index contributed by atoms with van der Waals surface area (Å²) >= 11 is 1.64. The number of rotatable bonds is 9. The highest BCUT2D eigenvalue weighted by atomic mass is 32.2. The molecule has 0 heterocycles. The number of nitrogens with zero attached hydrogens (tertiary/aromatic N) is 1. The van der Waals surface area contributed by atoms with Crippen molar-refractivity contribution in [3.8, 4) is 0 Å². The zero-order chi connectivity index (χ0) is 21.6. The van der Waals surface area contributed by atoms with Gasteiger partial charge in [-0.2, -0.15) is 0 Å². The van der Waals surface area contributed by atoms with Gasteiger partial charge in [0, 0.05) is 5.75 Å². The minimum atomic E-state index is 0.631. The van der Waals surface area contributed by atoms with Crippen LogP contribution in [0.5, 0.6) is 0 Å². The number of unbranched alkanes of at least 4 members (excludes halogenated alkanes) is 1. The van der Waals surface area contributed by atoms with Crippen LogP contribution in [-0.2, 0) is 0 Å². The van der Waals surface area contributed by atoms with Crippen molar-refractivity contribution in [3.05, 3.63) is 0 Å². The molecule has 0 aromatic rings. The summed E-state index contributed by atoms with van der Waals surface area (Å²) in [6.07, 6.45) is 17.7. The topological polar surface area (TPSA) is 12.4 Å². The van der Waals surface area contributed by atoms with Gasteiger partial charge in [0.2, 0.25) is 0 Å². The van der Waals surface area contributed by atoms with Gasteiger partial charge in [-0.15, -0.1) is 0 Å². The van der Waals surface area contributed by atoms with E-state index >= 15 is 0 Å². The molecule has 9 atom stereocenters. The second kappa shape index (κ2) is 8.75. The third-order valence-corrected chi connectivity index (χ3v) is 12.1. The maximum Gasteiger partial charge on any atom is 0.0153 e. The van der Waals surface area contributed by atoms with Gasteiger partial charge in [-0.25, -0.2) is 4.40 Å². The first-order valence-corrected chi connectivity index (χ1v) is 14.3. The lowest BCUT2D eigenvalue weighted by atomic mass is 9.54. The molecule has 172 valence electrons. The van der Waals surface area contributed by atoms with Gasteiger partial charge in [0.05, 0.1) is 0 Å². The van der Waals surface area contributed by atoms with Crippen molar-refractivity contribution in [3.63, 3.8) is 0 Å².